The molecule has 2 atom stereocenters. The molecule has 1 unspecified atom stereocenters. The Kier molecular flexibility index (Phi) is 4.75. The summed E-state index contributed by atoms with van der Waals surface area (Å²) in [4.78, 5) is 0. The molecule has 0 radical (unpaired) electrons. The lowest BCUT2D eigenvalue weighted by Gasteiger charge is -2.21. The average Bonchev–Trinajstić information content (AvgIpc) is 2.39. The summed E-state index contributed by atoms with van der Waals surface area (Å²) in [5, 5.41) is 3.67. The van der Waals surface area contributed by atoms with Crippen LogP contribution in [0.3, 0.4) is 0 Å². The molecule has 0 aliphatic carbocycles. The molecule has 0 spiro atoms. The van der Waals surface area contributed by atoms with E-state index in [1.165, 1.54) is 16.7 Å². The van der Waals surface area contributed by atoms with Crippen LogP contribution in [-0.4, -0.2) is 6.04 Å². The molecule has 0 aliphatic heterocycles. The first-order chi connectivity index (χ1) is 9.15. The van der Waals surface area contributed by atoms with Crippen molar-refractivity contribution in [3.8, 4) is 0 Å². The lowest BCUT2D eigenvalue weighted by Crippen LogP contribution is -2.30. The maximum atomic E-state index is 3.67. The van der Waals surface area contributed by atoms with Crippen LogP contribution in [0.2, 0.25) is 0 Å². The predicted molar refractivity (Wildman–Crippen MR) is 82.3 cm³/mol. The normalized spacial score (nSPS) is 14.1. The Morgan fingerprint density at radius 1 is 0.947 bits per heavy atom. The molecule has 0 aliphatic rings. The van der Waals surface area contributed by atoms with Crippen LogP contribution in [0.4, 0.5) is 0 Å². The minimum atomic E-state index is 0.388. The molecule has 0 fully saturated rings. The van der Waals surface area contributed by atoms with Crippen molar-refractivity contribution in [1.82, 2.24) is 5.32 Å². The molecule has 1 nitrogen and oxygen atoms in total. The van der Waals surface area contributed by atoms with Crippen LogP contribution in [0.5, 0.6) is 0 Å². The maximum Gasteiger partial charge on any atom is 0.0294 e. The van der Waals surface area contributed by atoms with Crippen molar-refractivity contribution in [2.75, 3.05) is 0 Å². The van der Waals surface area contributed by atoms with Gasteiger partial charge in [-0.1, -0.05) is 60.2 Å². The van der Waals surface area contributed by atoms with Crippen LogP contribution in [-0.2, 0) is 6.42 Å². The molecule has 1 heteroatoms. The molecule has 2 aromatic carbocycles. The SMILES string of the molecule is Cc1cccc([C@H](C)NC(C)Cc2ccccc2)c1. The summed E-state index contributed by atoms with van der Waals surface area (Å²) in [5.74, 6) is 0. The Labute approximate surface area is 116 Å². The molecule has 0 heterocycles. The number of benzene rings is 2. The van der Waals surface area contributed by atoms with Crippen molar-refractivity contribution in [3.05, 3.63) is 71.3 Å². The van der Waals surface area contributed by atoms with E-state index in [4.69, 9.17) is 0 Å². The zero-order valence-corrected chi connectivity index (χ0v) is 12.1. The van der Waals surface area contributed by atoms with Crippen LogP contribution in [0, 0.1) is 6.92 Å². The van der Waals surface area contributed by atoms with E-state index in [-0.39, 0.29) is 0 Å². The van der Waals surface area contributed by atoms with Crippen LogP contribution in [0.1, 0.15) is 36.6 Å². The fourth-order valence-corrected chi connectivity index (χ4v) is 2.49. The Bertz CT molecular complexity index is 504. The van der Waals surface area contributed by atoms with Gasteiger partial charge in [0.15, 0.2) is 0 Å². The summed E-state index contributed by atoms with van der Waals surface area (Å²) in [6, 6.07) is 20.2. The average molecular weight is 253 g/mol. The third-order valence-electron chi connectivity index (χ3n) is 3.46. The van der Waals surface area contributed by atoms with E-state index in [2.05, 4.69) is 80.7 Å². The van der Waals surface area contributed by atoms with E-state index in [0.717, 1.165) is 6.42 Å². The van der Waals surface area contributed by atoms with Crippen LogP contribution >= 0.6 is 0 Å². The van der Waals surface area contributed by atoms with Gasteiger partial charge in [0.1, 0.15) is 0 Å². The van der Waals surface area contributed by atoms with Gasteiger partial charge in [-0.15, -0.1) is 0 Å². The van der Waals surface area contributed by atoms with Gasteiger partial charge in [-0.2, -0.15) is 0 Å². The largest absolute Gasteiger partial charge is 0.307 e. The van der Waals surface area contributed by atoms with Gasteiger partial charge in [0.25, 0.3) is 0 Å². The van der Waals surface area contributed by atoms with Gasteiger partial charge < -0.3 is 5.32 Å². The smallest absolute Gasteiger partial charge is 0.0294 e. The van der Waals surface area contributed by atoms with E-state index in [0.29, 0.717) is 12.1 Å². The predicted octanol–water partition coefficient (Wildman–Crippen LogP) is 4.28. The lowest BCUT2D eigenvalue weighted by molar-refractivity contribution is 0.477. The number of hydrogen-bond acceptors (Lipinski definition) is 1. The zero-order chi connectivity index (χ0) is 13.7. The van der Waals surface area contributed by atoms with E-state index in [1.54, 1.807) is 0 Å². The number of rotatable bonds is 5. The highest BCUT2D eigenvalue weighted by molar-refractivity contribution is 5.25. The third kappa shape index (κ3) is 4.22. The van der Waals surface area contributed by atoms with E-state index in [9.17, 15) is 0 Å². The summed E-state index contributed by atoms with van der Waals surface area (Å²) in [5.41, 5.74) is 4.07. The van der Waals surface area contributed by atoms with E-state index in [1.807, 2.05) is 0 Å². The second-order valence-corrected chi connectivity index (χ2v) is 5.39. The Hall–Kier alpha value is -1.60. The van der Waals surface area contributed by atoms with Gasteiger partial charge in [-0.05, 0) is 38.3 Å². The van der Waals surface area contributed by atoms with Crippen LogP contribution < -0.4 is 5.32 Å². The molecule has 1 N–H and O–H groups in total. The molecule has 2 aromatic rings. The monoisotopic (exact) mass is 253 g/mol. The van der Waals surface area contributed by atoms with Crippen molar-refractivity contribution in [1.29, 1.82) is 0 Å². The summed E-state index contributed by atoms with van der Waals surface area (Å²) in [7, 11) is 0. The molecule has 19 heavy (non-hydrogen) atoms. The molecule has 100 valence electrons. The minimum Gasteiger partial charge on any atom is -0.307 e. The summed E-state index contributed by atoms with van der Waals surface area (Å²) < 4.78 is 0. The second kappa shape index (κ2) is 6.53. The summed E-state index contributed by atoms with van der Waals surface area (Å²) in [6.45, 7) is 6.62. The fraction of sp³-hybridized carbons (Fsp3) is 0.333. The highest BCUT2D eigenvalue weighted by Crippen LogP contribution is 2.15. The van der Waals surface area contributed by atoms with Crippen molar-refractivity contribution < 1.29 is 0 Å². The molecule has 0 saturated carbocycles. The standard InChI is InChI=1S/C18H23N/c1-14-8-7-11-18(12-14)16(3)19-15(2)13-17-9-5-4-6-10-17/h4-12,15-16,19H,13H2,1-3H3/t15?,16-/m0/s1. The molecule has 2 rings (SSSR count). The van der Waals surface area contributed by atoms with Gasteiger partial charge in [0.2, 0.25) is 0 Å². The Balaban J connectivity index is 1.93. The van der Waals surface area contributed by atoms with Crippen molar-refractivity contribution in [2.45, 2.75) is 39.3 Å². The topological polar surface area (TPSA) is 12.0 Å². The zero-order valence-electron chi connectivity index (χ0n) is 12.1. The highest BCUT2D eigenvalue weighted by atomic mass is 14.9. The molecule has 0 bridgehead atoms. The highest BCUT2D eigenvalue weighted by Gasteiger charge is 2.09. The van der Waals surface area contributed by atoms with Gasteiger partial charge in [-0.25, -0.2) is 0 Å². The molecular weight excluding hydrogens is 230 g/mol. The molecule has 0 amide bonds. The maximum absolute atomic E-state index is 3.67. The molecular formula is C18H23N. The first-order valence-corrected chi connectivity index (χ1v) is 7.01. The number of aryl methyl sites for hydroxylation is 1. The number of hydrogen-bond donors (Lipinski definition) is 1. The van der Waals surface area contributed by atoms with Gasteiger partial charge in [0, 0.05) is 12.1 Å². The quantitative estimate of drug-likeness (QED) is 0.838. The first kappa shape index (κ1) is 13.8. The van der Waals surface area contributed by atoms with Gasteiger partial charge >= 0.3 is 0 Å². The van der Waals surface area contributed by atoms with Gasteiger partial charge in [0.05, 0.1) is 0 Å². The Morgan fingerprint density at radius 3 is 2.37 bits per heavy atom. The first-order valence-electron chi connectivity index (χ1n) is 7.01. The molecule has 0 saturated heterocycles. The number of nitrogens with one attached hydrogen (secondary N) is 1. The van der Waals surface area contributed by atoms with Crippen molar-refractivity contribution in [2.24, 2.45) is 0 Å². The van der Waals surface area contributed by atoms with Gasteiger partial charge in [-0.3, -0.25) is 0 Å². The third-order valence-corrected chi connectivity index (χ3v) is 3.46. The van der Waals surface area contributed by atoms with E-state index < -0.39 is 0 Å². The Morgan fingerprint density at radius 2 is 1.68 bits per heavy atom. The lowest BCUT2D eigenvalue weighted by atomic mass is 10.0. The molecule has 0 aromatic heterocycles. The van der Waals surface area contributed by atoms with Crippen molar-refractivity contribution in [3.63, 3.8) is 0 Å². The fourth-order valence-electron chi connectivity index (χ4n) is 2.49. The second-order valence-electron chi connectivity index (χ2n) is 5.39. The summed E-state index contributed by atoms with van der Waals surface area (Å²) in [6.07, 6.45) is 1.07. The summed E-state index contributed by atoms with van der Waals surface area (Å²) >= 11 is 0. The van der Waals surface area contributed by atoms with Crippen LogP contribution in [0.25, 0.3) is 0 Å². The van der Waals surface area contributed by atoms with Crippen LogP contribution in [0.15, 0.2) is 54.6 Å². The minimum absolute atomic E-state index is 0.388. The van der Waals surface area contributed by atoms with Crippen molar-refractivity contribution >= 4 is 0 Å². The van der Waals surface area contributed by atoms with E-state index >= 15 is 0 Å².